The number of aromatic hydroxyl groups is 1. The number of aromatic amines is 1. The van der Waals surface area contributed by atoms with Gasteiger partial charge in [0.15, 0.2) is 0 Å². The molecule has 0 atom stereocenters. The van der Waals surface area contributed by atoms with Crippen LogP contribution in [-0.4, -0.2) is 56.6 Å². The number of amides is 1. The molecular formula is C17H19N5O2. The predicted octanol–water partition coefficient (Wildman–Crippen LogP) is 1.57. The van der Waals surface area contributed by atoms with Crippen LogP contribution in [0.5, 0.6) is 5.75 Å². The summed E-state index contributed by atoms with van der Waals surface area (Å²) in [7, 11) is 1.86. The quantitative estimate of drug-likeness (QED) is 0.750. The molecule has 7 heteroatoms. The van der Waals surface area contributed by atoms with Crippen molar-refractivity contribution in [3.63, 3.8) is 0 Å². The largest absolute Gasteiger partial charge is 0.508 e. The molecular weight excluding hydrogens is 306 g/mol. The Kier molecular flexibility index (Phi) is 3.41. The van der Waals surface area contributed by atoms with Gasteiger partial charge in [0.05, 0.1) is 5.52 Å². The highest BCUT2D eigenvalue weighted by Crippen LogP contribution is 2.24. The molecule has 0 saturated carbocycles. The molecule has 0 spiro atoms. The lowest BCUT2D eigenvalue weighted by atomic mass is 10.2. The standard InChI is InChI=1S/C17H19N5O2/c1-20-14-11-13(23)3-2-12(14)10-15(20)16(24)21-6-8-22(9-7-21)17-18-4-5-19-17/h2-5,10-11,23H,6-9H2,1H3,(H,18,19). The first-order valence-corrected chi connectivity index (χ1v) is 7.95. The lowest BCUT2D eigenvalue weighted by Crippen LogP contribution is -2.49. The molecule has 1 aliphatic rings. The lowest BCUT2D eigenvalue weighted by molar-refractivity contribution is 0.0737. The maximum atomic E-state index is 12.9. The Morgan fingerprint density at radius 2 is 2.00 bits per heavy atom. The summed E-state index contributed by atoms with van der Waals surface area (Å²) < 4.78 is 1.84. The molecule has 3 heterocycles. The first-order valence-electron chi connectivity index (χ1n) is 7.95. The summed E-state index contributed by atoms with van der Waals surface area (Å²) in [6.45, 7) is 2.83. The fraction of sp³-hybridized carbons (Fsp3) is 0.294. The van der Waals surface area contributed by atoms with Crippen LogP contribution in [0.4, 0.5) is 5.95 Å². The van der Waals surface area contributed by atoms with Crippen LogP contribution in [0.25, 0.3) is 10.9 Å². The van der Waals surface area contributed by atoms with Crippen molar-refractivity contribution in [2.75, 3.05) is 31.1 Å². The van der Waals surface area contributed by atoms with Gasteiger partial charge in [-0.2, -0.15) is 0 Å². The molecule has 124 valence electrons. The van der Waals surface area contributed by atoms with Crippen molar-refractivity contribution in [1.82, 2.24) is 19.4 Å². The molecule has 0 radical (unpaired) electrons. The fourth-order valence-corrected chi connectivity index (χ4v) is 3.24. The molecule has 0 unspecified atom stereocenters. The Morgan fingerprint density at radius 3 is 2.71 bits per heavy atom. The average Bonchev–Trinajstić information content (AvgIpc) is 3.24. The molecule has 1 saturated heterocycles. The molecule has 2 N–H and O–H groups in total. The number of nitrogens with one attached hydrogen (secondary N) is 1. The van der Waals surface area contributed by atoms with Crippen LogP contribution >= 0.6 is 0 Å². The van der Waals surface area contributed by atoms with Crippen molar-refractivity contribution in [1.29, 1.82) is 0 Å². The van der Waals surface area contributed by atoms with Gasteiger partial charge in [0.1, 0.15) is 11.4 Å². The van der Waals surface area contributed by atoms with Gasteiger partial charge in [-0.05, 0) is 18.2 Å². The van der Waals surface area contributed by atoms with E-state index in [2.05, 4.69) is 14.9 Å². The molecule has 4 rings (SSSR count). The van der Waals surface area contributed by atoms with Crippen molar-refractivity contribution in [2.45, 2.75) is 0 Å². The van der Waals surface area contributed by atoms with E-state index in [4.69, 9.17) is 0 Å². The SMILES string of the molecule is Cn1c(C(=O)N2CCN(c3ncc[nH]3)CC2)cc2ccc(O)cc21. The van der Waals surface area contributed by atoms with Gasteiger partial charge in [0.25, 0.3) is 5.91 Å². The van der Waals surface area contributed by atoms with Gasteiger partial charge in [-0.1, -0.05) is 0 Å². The van der Waals surface area contributed by atoms with E-state index >= 15 is 0 Å². The zero-order valence-electron chi connectivity index (χ0n) is 13.4. The first-order chi connectivity index (χ1) is 11.6. The highest BCUT2D eigenvalue weighted by molar-refractivity contribution is 5.99. The van der Waals surface area contributed by atoms with Crippen LogP contribution in [0.3, 0.4) is 0 Å². The van der Waals surface area contributed by atoms with Gasteiger partial charge in [-0.3, -0.25) is 4.79 Å². The fourth-order valence-electron chi connectivity index (χ4n) is 3.24. The van der Waals surface area contributed by atoms with Crippen molar-refractivity contribution in [3.05, 3.63) is 42.4 Å². The molecule has 7 nitrogen and oxygen atoms in total. The number of phenols is 1. The Morgan fingerprint density at radius 1 is 1.21 bits per heavy atom. The number of imidazole rings is 1. The number of nitrogens with zero attached hydrogens (tertiary/aromatic N) is 4. The van der Waals surface area contributed by atoms with Gasteiger partial charge in [-0.25, -0.2) is 4.98 Å². The highest BCUT2D eigenvalue weighted by Gasteiger charge is 2.25. The van der Waals surface area contributed by atoms with Crippen LogP contribution in [-0.2, 0) is 7.05 Å². The van der Waals surface area contributed by atoms with Crippen molar-refractivity contribution >= 4 is 22.8 Å². The third kappa shape index (κ3) is 2.38. The number of phenolic OH excluding ortho intramolecular Hbond substituents is 1. The monoisotopic (exact) mass is 325 g/mol. The molecule has 1 fully saturated rings. The highest BCUT2D eigenvalue weighted by atomic mass is 16.3. The Bertz CT molecular complexity index is 876. The number of piperazine rings is 1. The molecule has 0 aliphatic carbocycles. The van der Waals surface area contributed by atoms with Crippen LogP contribution < -0.4 is 4.90 Å². The summed E-state index contributed by atoms with van der Waals surface area (Å²) in [5.74, 6) is 1.07. The molecule has 0 bridgehead atoms. The normalized spacial score (nSPS) is 15.2. The summed E-state index contributed by atoms with van der Waals surface area (Å²) in [6.07, 6.45) is 3.54. The number of H-pyrrole nitrogens is 1. The smallest absolute Gasteiger partial charge is 0.270 e. The van der Waals surface area contributed by atoms with Crippen LogP contribution in [0.1, 0.15) is 10.5 Å². The molecule has 1 aliphatic heterocycles. The predicted molar refractivity (Wildman–Crippen MR) is 91.3 cm³/mol. The Labute approximate surface area is 139 Å². The number of fused-ring (bicyclic) bond motifs is 1. The minimum atomic E-state index is 0.0206. The number of hydrogen-bond acceptors (Lipinski definition) is 4. The first kappa shape index (κ1) is 14.6. The third-order valence-electron chi connectivity index (χ3n) is 4.60. The van der Waals surface area contributed by atoms with Gasteiger partial charge in [0, 0.05) is 57.1 Å². The average molecular weight is 325 g/mol. The van der Waals surface area contributed by atoms with E-state index in [1.54, 1.807) is 24.5 Å². The maximum absolute atomic E-state index is 12.9. The van der Waals surface area contributed by atoms with E-state index in [0.717, 1.165) is 29.9 Å². The number of hydrogen-bond donors (Lipinski definition) is 2. The van der Waals surface area contributed by atoms with Crippen LogP contribution in [0, 0.1) is 0 Å². The number of aryl methyl sites for hydroxylation is 1. The number of rotatable bonds is 2. The maximum Gasteiger partial charge on any atom is 0.270 e. The van der Waals surface area contributed by atoms with E-state index in [1.807, 2.05) is 28.6 Å². The minimum Gasteiger partial charge on any atom is -0.508 e. The number of carbonyl (C=O) groups is 1. The summed E-state index contributed by atoms with van der Waals surface area (Å²) >= 11 is 0. The minimum absolute atomic E-state index is 0.0206. The van der Waals surface area contributed by atoms with Gasteiger partial charge in [0.2, 0.25) is 5.95 Å². The van der Waals surface area contributed by atoms with Gasteiger partial charge < -0.3 is 24.5 Å². The van der Waals surface area contributed by atoms with Crippen molar-refractivity contribution in [2.24, 2.45) is 7.05 Å². The number of carbonyl (C=O) groups excluding carboxylic acids is 1. The van der Waals surface area contributed by atoms with E-state index in [-0.39, 0.29) is 11.7 Å². The topological polar surface area (TPSA) is 77.4 Å². The summed E-state index contributed by atoms with van der Waals surface area (Å²) in [4.78, 5) is 24.2. The molecule has 1 amide bonds. The van der Waals surface area contributed by atoms with Crippen molar-refractivity contribution in [3.8, 4) is 5.75 Å². The van der Waals surface area contributed by atoms with E-state index in [0.29, 0.717) is 18.8 Å². The van der Waals surface area contributed by atoms with Crippen molar-refractivity contribution < 1.29 is 9.90 Å². The summed E-state index contributed by atoms with van der Waals surface area (Å²) in [5.41, 5.74) is 1.50. The number of benzene rings is 1. The number of aromatic nitrogens is 3. The summed E-state index contributed by atoms with van der Waals surface area (Å²) in [6, 6.07) is 7.03. The molecule has 2 aromatic heterocycles. The number of anilines is 1. The summed E-state index contributed by atoms with van der Waals surface area (Å²) in [5, 5.41) is 10.6. The zero-order chi connectivity index (χ0) is 16.7. The van der Waals surface area contributed by atoms with Gasteiger partial charge >= 0.3 is 0 Å². The third-order valence-corrected chi connectivity index (χ3v) is 4.60. The second kappa shape index (κ2) is 5.59. The van der Waals surface area contributed by atoms with E-state index in [1.165, 1.54) is 0 Å². The second-order valence-electron chi connectivity index (χ2n) is 6.02. The van der Waals surface area contributed by atoms with Gasteiger partial charge in [-0.15, -0.1) is 0 Å². The Hall–Kier alpha value is -2.96. The van der Waals surface area contributed by atoms with E-state index in [9.17, 15) is 9.90 Å². The van der Waals surface area contributed by atoms with E-state index < -0.39 is 0 Å². The lowest BCUT2D eigenvalue weighted by Gasteiger charge is -2.34. The van der Waals surface area contributed by atoms with Crippen LogP contribution in [0.15, 0.2) is 36.7 Å². The Balaban J connectivity index is 1.53. The molecule has 1 aromatic carbocycles. The molecule has 24 heavy (non-hydrogen) atoms. The second-order valence-corrected chi connectivity index (χ2v) is 6.02. The zero-order valence-corrected chi connectivity index (χ0v) is 13.4. The molecule has 3 aromatic rings. The van der Waals surface area contributed by atoms with Crippen LogP contribution in [0.2, 0.25) is 0 Å².